The zero-order valence-corrected chi connectivity index (χ0v) is 17.3. The molecular formula is C19H14ClF3N4O3S. The molecule has 1 aromatic carbocycles. The van der Waals surface area contributed by atoms with Crippen molar-refractivity contribution in [3.63, 3.8) is 0 Å². The van der Waals surface area contributed by atoms with Gasteiger partial charge >= 0.3 is 6.18 Å². The summed E-state index contributed by atoms with van der Waals surface area (Å²) in [6, 6.07) is 6.15. The highest BCUT2D eigenvalue weighted by atomic mass is 35.5. The van der Waals surface area contributed by atoms with E-state index in [1.54, 1.807) is 0 Å². The number of carbonyl (C=O) groups excluding carboxylic acids is 1. The number of alkyl halides is 3. The maximum Gasteiger partial charge on any atom is 0.416 e. The van der Waals surface area contributed by atoms with Crippen LogP contribution >= 0.6 is 11.6 Å². The van der Waals surface area contributed by atoms with Gasteiger partial charge in [0.2, 0.25) is 0 Å². The fourth-order valence-electron chi connectivity index (χ4n) is 2.59. The Morgan fingerprint density at radius 1 is 1.06 bits per heavy atom. The van der Waals surface area contributed by atoms with E-state index in [0.717, 1.165) is 18.2 Å². The Kier molecular flexibility index (Phi) is 6.18. The molecule has 0 spiro atoms. The van der Waals surface area contributed by atoms with Gasteiger partial charge in [-0.1, -0.05) is 17.7 Å². The molecule has 31 heavy (non-hydrogen) atoms. The quantitative estimate of drug-likeness (QED) is 0.549. The normalized spacial score (nSPS) is 11.8. The van der Waals surface area contributed by atoms with E-state index in [4.69, 9.17) is 11.6 Å². The summed E-state index contributed by atoms with van der Waals surface area (Å²) in [6.45, 7) is 0. The molecule has 0 unspecified atom stereocenters. The van der Waals surface area contributed by atoms with Gasteiger partial charge in [0.25, 0.3) is 15.9 Å². The van der Waals surface area contributed by atoms with E-state index in [1.165, 1.54) is 37.8 Å². The van der Waals surface area contributed by atoms with E-state index in [1.807, 2.05) is 0 Å². The van der Waals surface area contributed by atoms with Gasteiger partial charge in [-0.15, -0.1) is 0 Å². The Balaban J connectivity index is 1.97. The molecule has 2 heterocycles. The summed E-state index contributed by atoms with van der Waals surface area (Å²) in [5, 5.41) is 2.24. The van der Waals surface area contributed by atoms with Gasteiger partial charge in [0.15, 0.2) is 5.15 Å². The molecule has 3 rings (SSSR count). The van der Waals surface area contributed by atoms with Crippen LogP contribution in [0.25, 0.3) is 11.1 Å². The van der Waals surface area contributed by atoms with Gasteiger partial charge in [-0.25, -0.2) is 13.4 Å². The van der Waals surface area contributed by atoms with Crippen LogP contribution in [0.1, 0.15) is 15.9 Å². The minimum absolute atomic E-state index is 0.151. The SMILES string of the molecule is CNC(=O)c1cncc(-c2cnc(Cl)c(NS(=O)(=O)c3cccc(C(F)(F)F)c3)c2)c1. The van der Waals surface area contributed by atoms with E-state index in [0.29, 0.717) is 17.2 Å². The number of nitrogens with zero attached hydrogens (tertiary/aromatic N) is 2. The molecule has 0 fully saturated rings. The predicted molar refractivity (Wildman–Crippen MR) is 108 cm³/mol. The third kappa shape index (κ3) is 5.12. The number of hydrogen-bond acceptors (Lipinski definition) is 5. The molecule has 0 aliphatic heterocycles. The largest absolute Gasteiger partial charge is 0.416 e. The number of carbonyl (C=O) groups is 1. The lowest BCUT2D eigenvalue weighted by atomic mass is 10.1. The molecule has 0 aliphatic rings. The first-order chi connectivity index (χ1) is 14.5. The maximum absolute atomic E-state index is 12.9. The molecule has 1 amide bonds. The molecular weight excluding hydrogens is 457 g/mol. The topological polar surface area (TPSA) is 101 Å². The van der Waals surface area contributed by atoms with Crippen LogP contribution in [0.15, 0.2) is 59.9 Å². The number of benzene rings is 1. The van der Waals surface area contributed by atoms with E-state index in [9.17, 15) is 26.4 Å². The van der Waals surface area contributed by atoms with Crippen molar-refractivity contribution in [3.05, 3.63) is 71.3 Å². The predicted octanol–water partition coefficient (Wildman–Crippen LogP) is 3.98. The Morgan fingerprint density at radius 2 is 1.77 bits per heavy atom. The number of aromatic nitrogens is 2. The Bertz CT molecular complexity index is 1250. The second kappa shape index (κ2) is 8.52. The molecule has 2 aromatic heterocycles. The van der Waals surface area contributed by atoms with Crippen LogP contribution in [-0.2, 0) is 16.2 Å². The Labute approximate surface area is 180 Å². The number of rotatable bonds is 5. The van der Waals surface area contributed by atoms with Gasteiger partial charge in [0.1, 0.15) is 0 Å². The van der Waals surface area contributed by atoms with Crippen LogP contribution in [0, 0.1) is 0 Å². The summed E-state index contributed by atoms with van der Waals surface area (Å²) >= 11 is 5.99. The average molecular weight is 471 g/mol. The first-order valence-corrected chi connectivity index (χ1v) is 10.4. The van der Waals surface area contributed by atoms with Crippen molar-refractivity contribution in [2.24, 2.45) is 0 Å². The lowest BCUT2D eigenvalue weighted by molar-refractivity contribution is -0.137. The number of nitrogens with one attached hydrogen (secondary N) is 2. The lowest BCUT2D eigenvalue weighted by Gasteiger charge is -2.13. The van der Waals surface area contributed by atoms with Gasteiger partial charge in [-0.05, 0) is 30.3 Å². The van der Waals surface area contributed by atoms with Crippen molar-refractivity contribution >= 4 is 33.2 Å². The van der Waals surface area contributed by atoms with Crippen LogP contribution in [0.2, 0.25) is 5.15 Å². The van der Waals surface area contributed by atoms with Gasteiger partial charge in [-0.3, -0.25) is 14.5 Å². The summed E-state index contributed by atoms with van der Waals surface area (Å²) < 4.78 is 66.2. The van der Waals surface area contributed by atoms with Crippen molar-refractivity contribution in [2.75, 3.05) is 11.8 Å². The van der Waals surface area contributed by atoms with Gasteiger partial charge in [0.05, 0.1) is 21.7 Å². The zero-order chi connectivity index (χ0) is 22.8. The summed E-state index contributed by atoms with van der Waals surface area (Å²) in [6.07, 6.45) is -0.576. The van der Waals surface area contributed by atoms with Crippen molar-refractivity contribution in [1.82, 2.24) is 15.3 Å². The van der Waals surface area contributed by atoms with E-state index in [2.05, 4.69) is 20.0 Å². The Hall–Kier alpha value is -3.18. The van der Waals surface area contributed by atoms with Gasteiger partial charge in [0, 0.05) is 36.8 Å². The molecule has 2 N–H and O–H groups in total. The van der Waals surface area contributed by atoms with Crippen LogP contribution in [0.4, 0.5) is 18.9 Å². The van der Waals surface area contributed by atoms with Crippen molar-refractivity contribution in [3.8, 4) is 11.1 Å². The maximum atomic E-state index is 12.9. The molecule has 3 aromatic rings. The van der Waals surface area contributed by atoms with Crippen molar-refractivity contribution in [1.29, 1.82) is 0 Å². The molecule has 0 aliphatic carbocycles. The van der Waals surface area contributed by atoms with E-state index < -0.39 is 26.7 Å². The number of sulfonamides is 1. The van der Waals surface area contributed by atoms with Crippen LogP contribution in [0.5, 0.6) is 0 Å². The fraction of sp³-hybridized carbons (Fsp3) is 0.105. The minimum atomic E-state index is -4.70. The van der Waals surface area contributed by atoms with Gasteiger partial charge < -0.3 is 5.32 Å². The third-order valence-electron chi connectivity index (χ3n) is 4.12. The summed E-state index contributed by atoms with van der Waals surface area (Å²) in [4.78, 5) is 19.1. The zero-order valence-electron chi connectivity index (χ0n) is 15.7. The second-order valence-corrected chi connectivity index (χ2v) is 8.28. The molecule has 7 nitrogen and oxygen atoms in total. The first kappa shape index (κ1) is 22.5. The molecule has 0 atom stereocenters. The average Bonchev–Trinajstić information content (AvgIpc) is 2.74. The molecule has 162 valence electrons. The number of hydrogen-bond donors (Lipinski definition) is 2. The van der Waals surface area contributed by atoms with Crippen LogP contribution in [0.3, 0.4) is 0 Å². The number of halogens is 4. The molecule has 12 heteroatoms. The summed E-state index contributed by atoms with van der Waals surface area (Å²) in [7, 11) is -2.94. The van der Waals surface area contributed by atoms with Crippen LogP contribution in [-0.4, -0.2) is 31.3 Å². The fourth-order valence-corrected chi connectivity index (χ4v) is 3.90. The number of anilines is 1. The van der Waals surface area contributed by atoms with Gasteiger partial charge in [-0.2, -0.15) is 13.2 Å². The highest BCUT2D eigenvalue weighted by molar-refractivity contribution is 7.92. The van der Waals surface area contributed by atoms with E-state index in [-0.39, 0.29) is 22.3 Å². The first-order valence-electron chi connectivity index (χ1n) is 8.54. The smallest absolute Gasteiger partial charge is 0.355 e. The van der Waals surface area contributed by atoms with E-state index >= 15 is 0 Å². The molecule has 0 bridgehead atoms. The molecule has 0 radical (unpaired) electrons. The monoisotopic (exact) mass is 470 g/mol. The van der Waals surface area contributed by atoms with Crippen molar-refractivity contribution < 1.29 is 26.4 Å². The summed E-state index contributed by atoms with van der Waals surface area (Å²) in [5.41, 5.74) is -0.164. The number of pyridine rings is 2. The third-order valence-corrected chi connectivity index (χ3v) is 5.78. The van der Waals surface area contributed by atoms with Crippen molar-refractivity contribution in [2.45, 2.75) is 11.1 Å². The standard InChI is InChI=1S/C19H14ClF3N4O3S/c1-24-18(28)13-5-11(8-25-9-13)12-6-16(17(20)26-10-12)27-31(29,30)15-4-2-3-14(7-15)19(21,22)23/h2-10,27H,1H3,(H,24,28). The lowest BCUT2D eigenvalue weighted by Crippen LogP contribution is -2.17. The Morgan fingerprint density at radius 3 is 2.45 bits per heavy atom. The number of amides is 1. The highest BCUT2D eigenvalue weighted by Gasteiger charge is 2.31. The second-order valence-electron chi connectivity index (χ2n) is 6.23. The highest BCUT2D eigenvalue weighted by Crippen LogP contribution is 2.32. The van der Waals surface area contributed by atoms with Crippen LogP contribution < -0.4 is 10.0 Å². The molecule has 0 saturated carbocycles. The molecule has 0 saturated heterocycles. The minimum Gasteiger partial charge on any atom is -0.355 e. The summed E-state index contributed by atoms with van der Waals surface area (Å²) in [5.74, 6) is -0.373.